The van der Waals surface area contributed by atoms with Crippen LogP contribution in [0.3, 0.4) is 0 Å². The highest BCUT2D eigenvalue weighted by molar-refractivity contribution is 7.93. The van der Waals surface area contributed by atoms with Crippen molar-refractivity contribution in [1.29, 1.82) is 0 Å². The van der Waals surface area contributed by atoms with Crippen molar-refractivity contribution < 1.29 is 13.2 Å². The Morgan fingerprint density at radius 1 is 1.26 bits per heavy atom. The lowest BCUT2D eigenvalue weighted by Crippen LogP contribution is -2.25. The number of hydrogen-bond donors (Lipinski definition) is 1. The molecule has 4 nitrogen and oxygen atoms in total. The summed E-state index contributed by atoms with van der Waals surface area (Å²) in [5.41, 5.74) is 1.86. The van der Waals surface area contributed by atoms with E-state index < -0.39 is 10.0 Å². The zero-order valence-corrected chi connectivity index (χ0v) is 12.1. The van der Waals surface area contributed by atoms with Crippen molar-refractivity contribution in [1.82, 2.24) is 0 Å². The van der Waals surface area contributed by atoms with Crippen molar-refractivity contribution in [3.8, 4) is 0 Å². The molecule has 0 aromatic heterocycles. The molecule has 0 unspecified atom stereocenters. The van der Waals surface area contributed by atoms with Gasteiger partial charge in [-0.05, 0) is 38.3 Å². The Balaban J connectivity index is 2.27. The average molecular weight is 281 g/mol. The molecule has 0 aliphatic heterocycles. The van der Waals surface area contributed by atoms with Gasteiger partial charge in [0.1, 0.15) is 0 Å². The predicted molar refractivity (Wildman–Crippen MR) is 76.0 cm³/mol. The molecule has 1 N–H and O–H groups in total. The maximum Gasteiger partial charge on any atom is 0.235 e. The Kier molecular flexibility index (Phi) is 3.94. The molecule has 0 atom stereocenters. The zero-order chi connectivity index (χ0) is 14.0. The molecular formula is C14H19NO3S. The quantitative estimate of drug-likeness (QED) is 0.863. The third-order valence-corrected chi connectivity index (χ3v) is 5.49. The lowest BCUT2D eigenvalue weighted by molar-refractivity contribution is 0.101. The van der Waals surface area contributed by atoms with Crippen molar-refractivity contribution in [3.63, 3.8) is 0 Å². The maximum atomic E-state index is 12.2. The minimum atomic E-state index is -3.34. The number of nitrogens with one attached hydrogen (secondary N) is 1. The van der Waals surface area contributed by atoms with Crippen LogP contribution in [0.5, 0.6) is 0 Å². The van der Waals surface area contributed by atoms with Crippen LogP contribution in [0.25, 0.3) is 0 Å². The number of hydrogen-bond acceptors (Lipinski definition) is 3. The van der Waals surface area contributed by atoms with E-state index in [-0.39, 0.29) is 11.0 Å². The van der Waals surface area contributed by atoms with Crippen LogP contribution in [0, 0.1) is 6.92 Å². The fraction of sp³-hybridized carbons (Fsp3) is 0.500. The second kappa shape index (κ2) is 5.33. The van der Waals surface area contributed by atoms with E-state index in [9.17, 15) is 13.2 Å². The molecular weight excluding hydrogens is 262 g/mol. The molecule has 2 rings (SSSR count). The average Bonchev–Trinajstić information content (AvgIpc) is 2.85. The molecule has 0 heterocycles. The van der Waals surface area contributed by atoms with Crippen LogP contribution in [-0.2, 0) is 10.0 Å². The van der Waals surface area contributed by atoms with Gasteiger partial charge in [0.05, 0.1) is 10.9 Å². The summed E-state index contributed by atoms with van der Waals surface area (Å²) >= 11 is 0. The Labute approximate surface area is 114 Å². The first kappa shape index (κ1) is 14.1. The van der Waals surface area contributed by atoms with Crippen molar-refractivity contribution in [2.45, 2.75) is 44.8 Å². The van der Waals surface area contributed by atoms with Crippen LogP contribution < -0.4 is 4.72 Å². The maximum absolute atomic E-state index is 12.2. The summed E-state index contributed by atoms with van der Waals surface area (Å²) < 4.78 is 27.1. The highest BCUT2D eigenvalue weighted by Crippen LogP contribution is 2.27. The molecule has 0 amide bonds. The van der Waals surface area contributed by atoms with Crippen LogP contribution in [0.1, 0.15) is 48.5 Å². The molecule has 0 saturated heterocycles. The molecule has 1 aromatic carbocycles. The summed E-state index contributed by atoms with van der Waals surface area (Å²) in [7, 11) is -3.34. The van der Waals surface area contributed by atoms with E-state index in [1.54, 1.807) is 18.2 Å². The van der Waals surface area contributed by atoms with Crippen LogP contribution in [0.15, 0.2) is 18.2 Å². The van der Waals surface area contributed by atoms with Gasteiger partial charge in [0, 0.05) is 5.56 Å². The summed E-state index contributed by atoms with van der Waals surface area (Å²) in [6.45, 7) is 3.30. The van der Waals surface area contributed by atoms with Crippen LogP contribution in [-0.4, -0.2) is 19.5 Å². The number of benzene rings is 1. The summed E-state index contributed by atoms with van der Waals surface area (Å²) in [6.07, 6.45) is 3.39. The molecule has 0 radical (unpaired) electrons. The van der Waals surface area contributed by atoms with Gasteiger partial charge < -0.3 is 0 Å². The fourth-order valence-corrected chi connectivity index (χ4v) is 4.03. The number of Topliss-reactive ketones (excluding diaryl/α,β-unsaturated/α-hetero) is 1. The number of ketones is 1. The van der Waals surface area contributed by atoms with Crippen molar-refractivity contribution in [2.75, 3.05) is 4.72 Å². The first-order valence-corrected chi connectivity index (χ1v) is 8.08. The van der Waals surface area contributed by atoms with E-state index in [1.165, 1.54) is 6.92 Å². The summed E-state index contributed by atoms with van der Waals surface area (Å²) in [6, 6.07) is 5.10. The third-order valence-electron chi connectivity index (χ3n) is 3.64. The minimum Gasteiger partial charge on any atom is -0.295 e. The zero-order valence-electron chi connectivity index (χ0n) is 11.3. The molecule has 0 spiro atoms. The summed E-state index contributed by atoms with van der Waals surface area (Å²) in [5, 5.41) is -0.298. The van der Waals surface area contributed by atoms with Gasteiger partial charge in [0.15, 0.2) is 5.78 Å². The molecule has 1 saturated carbocycles. The Morgan fingerprint density at radius 2 is 1.89 bits per heavy atom. The summed E-state index contributed by atoms with van der Waals surface area (Å²) in [4.78, 5) is 11.4. The smallest absolute Gasteiger partial charge is 0.235 e. The number of carbonyl (C=O) groups excluding carboxylic acids is 1. The Morgan fingerprint density at radius 3 is 2.47 bits per heavy atom. The molecule has 1 aromatic rings. The van der Waals surface area contributed by atoms with E-state index >= 15 is 0 Å². The second-order valence-corrected chi connectivity index (χ2v) is 7.10. The van der Waals surface area contributed by atoms with Gasteiger partial charge >= 0.3 is 0 Å². The Bertz CT molecular complexity index is 587. The van der Waals surface area contributed by atoms with E-state index in [2.05, 4.69) is 4.72 Å². The van der Waals surface area contributed by atoms with Gasteiger partial charge in [-0.25, -0.2) is 8.42 Å². The van der Waals surface area contributed by atoms with Crippen LogP contribution in [0.2, 0.25) is 0 Å². The van der Waals surface area contributed by atoms with Crippen LogP contribution in [0.4, 0.5) is 5.69 Å². The first-order chi connectivity index (χ1) is 8.90. The molecule has 1 aliphatic rings. The van der Waals surface area contributed by atoms with Crippen LogP contribution >= 0.6 is 0 Å². The SMILES string of the molecule is CC(=O)c1ccc(C)c(NS(=O)(=O)C2CCCC2)c1. The Hall–Kier alpha value is -1.36. The van der Waals surface area contributed by atoms with Gasteiger partial charge in [0.25, 0.3) is 0 Å². The third kappa shape index (κ3) is 3.15. The van der Waals surface area contributed by atoms with Crippen molar-refractivity contribution in [2.24, 2.45) is 0 Å². The number of rotatable bonds is 4. The van der Waals surface area contributed by atoms with Crippen molar-refractivity contribution in [3.05, 3.63) is 29.3 Å². The topological polar surface area (TPSA) is 63.2 Å². The first-order valence-electron chi connectivity index (χ1n) is 6.53. The second-order valence-electron chi connectivity index (χ2n) is 5.14. The highest BCUT2D eigenvalue weighted by atomic mass is 32.2. The number of sulfonamides is 1. The molecule has 1 fully saturated rings. The molecule has 19 heavy (non-hydrogen) atoms. The molecule has 5 heteroatoms. The fourth-order valence-electron chi connectivity index (χ4n) is 2.39. The number of carbonyl (C=O) groups is 1. The number of anilines is 1. The number of aryl methyl sites for hydroxylation is 1. The van der Waals surface area contributed by atoms with Gasteiger partial charge in [-0.15, -0.1) is 0 Å². The van der Waals surface area contributed by atoms with Gasteiger partial charge in [0.2, 0.25) is 10.0 Å². The molecule has 1 aliphatic carbocycles. The lowest BCUT2D eigenvalue weighted by Gasteiger charge is -2.15. The van der Waals surface area contributed by atoms with E-state index in [4.69, 9.17) is 0 Å². The summed E-state index contributed by atoms with van der Waals surface area (Å²) in [5.74, 6) is -0.0682. The van der Waals surface area contributed by atoms with Gasteiger partial charge in [-0.2, -0.15) is 0 Å². The predicted octanol–water partition coefficient (Wildman–Crippen LogP) is 2.88. The van der Waals surface area contributed by atoms with Gasteiger partial charge in [-0.3, -0.25) is 9.52 Å². The lowest BCUT2D eigenvalue weighted by atomic mass is 10.1. The minimum absolute atomic E-state index is 0.0682. The van der Waals surface area contributed by atoms with E-state index in [0.29, 0.717) is 11.3 Å². The molecule has 104 valence electrons. The monoisotopic (exact) mass is 281 g/mol. The standard InChI is InChI=1S/C14H19NO3S/c1-10-7-8-12(11(2)16)9-14(10)15-19(17,18)13-5-3-4-6-13/h7-9,13,15H,3-6H2,1-2H3. The van der Waals surface area contributed by atoms with E-state index in [0.717, 1.165) is 31.2 Å². The molecule has 0 bridgehead atoms. The largest absolute Gasteiger partial charge is 0.295 e. The van der Waals surface area contributed by atoms with E-state index in [1.807, 2.05) is 6.92 Å². The van der Waals surface area contributed by atoms with Crippen molar-refractivity contribution >= 4 is 21.5 Å². The van der Waals surface area contributed by atoms with Gasteiger partial charge in [-0.1, -0.05) is 25.0 Å². The highest BCUT2D eigenvalue weighted by Gasteiger charge is 2.29. The normalized spacial score (nSPS) is 16.5.